The molecule has 0 heterocycles. The van der Waals surface area contributed by atoms with Crippen LogP contribution in [0.3, 0.4) is 0 Å². The Balaban J connectivity index is 1.95. The number of carboxylic acid groups (broad SMARTS) is 1. The molecule has 0 aliphatic rings. The predicted molar refractivity (Wildman–Crippen MR) is 114 cm³/mol. The number of carbonyl (C=O) groups excluding carboxylic acids is 1. The Bertz CT molecular complexity index is 1090. The molecule has 0 radical (unpaired) electrons. The van der Waals surface area contributed by atoms with Gasteiger partial charge in [-0.25, -0.2) is 4.79 Å². The van der Waals surface area contributed by atoms with Crippen molar-refractivity contribution in [1.82, 2.24) is 0 Å². The second-order valence-electron chi connectivity index (χ2n) is 6.13. The lowest BCUT2D eigenvalue weighted by Crippen LogP contribution is -2.14. The maximum Gasteiger partial charge on any atom is 0.335 e. The van der Waals surface area contributed by atoms with Crippen LogP contribution in [0.25, 0.3) is 11.1 Å². The molecule has 0 saturated heterocycles. The van der Waals surface area contributed by atoms with Gasteiger partial charge in [0.25, 0.3) is 5.91 Å². The first-order valence-electron chi connectivity index (χ1n) is 8.33. The highest BCUT2D eigenvalue weighted by atomic mass is 35.5. The molecule has 3 aromatic rings. The molecule has 0 unspecified atom stereocenters. The fourth-order valence-electron chi connectivity index (χ4n) is 2.72. The van der Waals surface area contributed by atoms with E-state index in [0.717, 1.165) is 16.7 Å². The van der Waals surface area contributed by atoms with Crippen LogP contribution in [0, 0.1) is 0 Å². The molecule has 3 aromatic carbocycles. The van der Waals surface area contributed by atoms with E-state index in [0.29, 0.717) is 0 Å². The molecular formula is C21H14Cl3NO4. The lowest BCUT2D eigenvalue weighted by Gasteiger charge is -2.12. The van der Waals surface area contributed by atoms with Gasteiger partial charge in [0.1, 0.15) is 0 Å². The minimum atomic E-state index is -1.19. The van der Waals surface area contributed by atoms with Gasteiger partial charge in [0.2, 0.25) is 0 Å². The van der Waals surface area contributed by atoms with Crippen LogP contribution < -0.4 is 5.32 Å². The number of rotatable bonds is 5. The van der Waals surface area contributed by atoms with Crippen LogP contribution in [0.15, 0.2) is 54.6 Å². The number of carboxylic acids is 1. The summed E-state index contributed by atoms with van der Waals surface area (Å²) in [7, 11) is 0. The minimum Gasteiger partial charge on any atom is -0.478 e. The number of benzene rings is 3. The van der Waals surface area contributed by atoms with Crippen molar-refractivity contribution < 1.29 is 19.8 Å². The zero-order valence-electron chi connectivity index (χ0n) is 14.7. The highest BCUT2D eigenvalue weighted by Crippen LogP contribution is 2.33. The van der Waals surface area contributed by atoms with E-state index in [1.807, 2.05) is 12.1 Å². The lowest BCUT2D eigenvalue weighted by atomic mass is 10.0. The molecule has 0 aromatic heterocycles. The number of amides is 1. The van der Waals surface area contributed by atoms with E-state index < -0.39 is 11.9 Å². The molecule has 3 rings (SSSR count). The monoisotopic (exact) mass is 449 g/mol. The summed E-state index contributed by atoms with van der Waals surface area (Å²) in [5.74, 6) is -1.74. The SMILES string of the molecule is O=C(O)c1cc(Cl)c(NC(=O)c2cc(-c3cccc(CO)c3)ccc2Cl)c(Cl)c1. The van der Waals surface area contributed by atoms with E-state index in [9.17, 15) is 14.7 Å². The fraction of sp³-hybridized carbons (Fsp3) is 0.0476. The van der Waals surface area contributed by atoms with E-state index in [-0.39, 0.29) is 38.5 Å². The van der Waals surface area contributed by atoms with Gasteiger partial charge >= 0.3 is 5.97 Å². The summed E-state index contributed by atoms with van der Waals surface area (Å²) in [5.41, 5.74) is 2.46. The van der Waals surface area contributed by atoms with Crippen LogP contribution >= 0.6 is 34.8 Å². The molecule has 1 amide bonds. The van der Waals surface area contributed by atoms with Gasteiger partial charge < -0.3 is 15.5 Å². The predicted octanol–water partition coefficient (Wildman–Crippen LogP) is 5.76. The van der Waals surface area contributed by atoms with Crippen molar-refractivity contribution >= 4 is 52.4 Å². The molecule has 0 bridgehead atoms. The average molecular weight is 451 g/mol. The van der Waals surface area contributed by atoms with E-state index >= 15 is 0 Å². The third-order valence-corrected chi connectivity index (χ3v) is 5.11. The van der Waals surface area contributed by atoms with Gasteiger partial charge in [-0.2, -0.15) is 0 Å². The molecular weight excluding hydrogens is 437 g/mol. The summed E-state index contributed by atoms with van der Waals surface area (Å²) in [5, 5.41) is 21.2. The van der Waals surface area contributed by atoms with Gasteiger partial charge in [0.05, 0.1) is 38.5 Å². The standard InChI is InChI=1S/C21H14Cl3NO4/c22-16-5-4-13(12-3-1-2-11(6-12)10-26)7-15(16)20(27)25-19-17(23)8-14(21(28)29)9-18(19)24/h1-9,26H,10H2,(H,25,27)(H,28,29). The number of nitrogens with one attached hydrogen (secondary N) is 1. The van der Waals surface area contributed by atoms with Gasteiger partial charge in [-0.1, -0.05) is 59.1 Å². The van der Waals surface area contributed by atoms with E-state index in [1.165, 1.54) is 12.1 Å². The van der Waals surface area contributed by atoms with Crippen molar-refractivity contribution in [2.24, 2.45) is 0 Å². The number of halogens is 3. The summed E-state index contributed by atoms with van der Waals surface area (Å²) >= 11 is 18.4. The van der Waals surface area contributed by atoms with E-state index in [4.69, 9.17) is 39.9 Å². The molecule has 5 nitrogen and oxygen atoms in total. The first kappa shape index (κ1) is 21.1. The van der Waals surface area contributed by atoms with Crippen LogP contribution in [0.1, 0.15) is 26.3 Å². The zero-order valence-corrected chi connectivity index (χ0v) is 17.0. The van der Waals surface area contributed by atoms with Crippen molar-refractivity contribution in [3.05, 3.63) is 86.4 Å². The second-order valence-corrected chi connectivity index (χ2v) is 7.35. The molecule has 3 N–H and O–H groups in total. The highest BCUT2D eigenvalue weighted by molar-refractivity contribution is 6.41. The van der Waals surface area contributed by atoms with Crippen LogP contribution in [0.2, 0.25) is 15.1 Å². The maximum absolute atomic E-state index is 12.8. The van der Waals surface area contributed by atoms with Gasteiger partial charge in [-0.15, -0.1) is 0 Å². The smallest absolute Gasteiger partial charge is 0.335 e. The van der Waals surface area contributed by atoms with E-state index in [1.54, 1.807) is 30.3 Å². The molecule has 0 spiro atoms. The van der Waals surface area contributed by atoms with Crippen molar-refractivity contribution in [3.8, 4) is 11.1 Å². The lowest BCUT2D eigenvalue weighted by molar-refractivity contribution is 0.0696. The van der Waals surface area contributed by atoms with Crippen LogP contribution in [-0.4, -0.2) is 22.1 Å². The number of hydrogen-bond donors (Lipinski definition) is 3. The van der Waals surface area contributed by atoms with Crippen LogP contribution in [0.4, 0.5) is 5.69 Å². The first-order valence-corrected chi connectivity index (χ1v) is 9.47. The summed E-state index contributed by atoms with van der Waals surface area (Å²) < 4.78 is 0. The Morgan fingerprint density at radius 3 is 2.14 bits per heavy atom. The van der Waals surface area contributed by atoms with Crippen LogP contribution in [0.5, 0.6) is 0 Å². The first-order chi connectivity index (χ1) is 13.8. The summed E-state index contributed by atoms with van der Waals surface area (Å²) in [6.45, 7) is -0.0991. The topological polar surface area (TPSA) is 86.6 Å². The van der Waals surface area contributed by atoms with Gasteiger partial charge in [0, 0.05) is 0 Å². The summed E-state index contributed by atoms with van der Waals surface area (Å²) in [6, 6.07) is 14.6. The number of aromatic carboxylic acids is 1. The van der Waals surface area contributed by atoms with E-state index in [2.05, 4.69) is 5.32 Å². The van der Waals surface area contributed by atoms with Crippen LogP contribution in [-0.2, 0) is 6.61 Å². The maximum atomic E-state index is 12.8. The number of anilines is 1. The summed E-state index contributed by atoms with van der Waals surface area (Å²) in [4.78, 5) is 23.9. The fourth-order valence-corrected chi connectivity index (χ4v) is 3.51. The summed E-state index contributed by atoms with van der Waals surface area (Å²) in [6.07, 6.45) is 0. The van der Waals surface area contributed by atoms with Crippen molar-refractivity contribution in [2.45, 2.75) is 6.61 Å². The molecule has 0 atom stereocenters. The van der Waals surface area contributed by atoms with Crippen molar-refractivity contribution in [2.75, 3.05) is 5.32 Å². The molecule has 0 saturated carbocycles. The van der Waals surface area contributed by atoms with Gasteiger partial charge in [-0.3, -0.25) is 4.79 Å². The zero-order chi connectivity index (χ0) is 21.1. The number of hydrogen-bond acceptors (Lipinski definition) is 3. The highest BCUT2D eigenvalue weighted by Gasteiger charge is 2.18. The number of aliphatic hydroxyl groups is 1. The Hall–Kier alpha value is -2.57. The average Bonchev–Trinajstić information content (AvgIpc) is 2.70. The molecule has 0 aliphatic carbocycles. The second kappa shape index (κ2) is 8.84. The number of aliphatic hydroxyl groups excluding tert-OH is 1. The molecule has 8 heteroatoms. The Labute approximate surface area is 181 Å². The molecule has 0 aliphatic heterocycles. The molecule has 29 heavy (non-hydrogen) atoms. The normalized spacial score (nSPS) is 10.6. The Kier molecular flexibility index (Phi) is 6.45. The molecule has 148 valence electrons. The van der Waals surface area contributed by atoms with Crippen molar-refractivity contribution in [3.63, 3.8) is 0 Å². The molecule has 0 fully saturated rings. The minimum absolute atomic E-state index is 0.00817. The quantitative estimate of drug-likeness (QED) is 0.461. The number of carbonyl (C=O) groups is 2. The third kappa shape index (κ3) is 4.71. The Morgan fingerprint density at radius 2 is 1.52 bits per heavy atom. The third-order valence-electron chi connectivity index (χ3n) is 4.18. The van der Waals surface area contributed by atoms with Gasteiger partial charge in [-0.05, 0) is 47.0 Å². The Morgan fingerprint density at radius 1 is 0.862 bits per heavy atom. The van der Waals surface area contributed by atoms with Crippen molar-refractivity contribution in [1.29, 1.82) is 0 Å². The van der Waals surface area contributed by atoms with Gasteiger partial charge in [0.15, 0.2) is 0 Å². The largest absolute Gasteiger partial charge is 0.478 e.